The van der Waals surface area contributed by atoms with Gasteiger partial charge in [0.1, 0.15) is 0 Å². The lowest BCUT2D eigenvalue weighted by Crippen LogP contribution is -2.39. The second-order valence-corrected chi connectivity index (χ2v) is 3.27. The Morgan fingerprint density at radius 2 is 1.87 bits per heavy atom. The summed E-state index contributed by atoms with van der Waals surface area (Å²) in [4.78, 5) is 0. The molecular formula is C10H23NO4. The number of hydrogen-bond acceptors (Lipinski definition) is 5. The van der Waals surface area contributed by atoms with E-state index in [1.165, 1.54) is 0 Å². The Balaban J connectivity index is 3.38. The van der Waals surface area contributed by atoms with E-state index in [-0.39, 0.29) is 18.8 Å². The SMILES string of the molecule is CCC(N)C(CO)OCCOCCOC. The Labute approximate surface area is 91.5 Å². The van der Waals surface area contributed by atoms with Crippen LogP contribution >= 0.6 is 0 Å². The van der Waals surface area contributed by atoms with E-state index in [9.17, 15) is 0 Å². The molecule has 0 radical (unpaired) electrons. The maximum Gasteiger partial charge on any atom is 0.0957 e. The minimum Gasteiger partial charge on any atom is -0.394 e. The molecule has 0 spiro atoms. The third-order valence-electron chi connectivity index (χ3n) is 2.12. The summed E-state index contributed by atoms with van der Waals surface area (Å²) in [5, 5.41) is 9.00. The Hall–Kier alpha value is -0.200. The highest BCUT2D eigenvalue weighted by Gasteiger charge is 2.15. The molecule has 0 aliphatic rings. The zero-order valence-corrected chi connectivity index (χ0v) is 9.65. The Bertz CT molecular complexity index is 135. The molecule has 0 amide bonds. The maximum absolute atomic E-state index is 9.00. The van der Waals surface area contributed by atoms with Gasteiger partial charge in [-0.2, -0.15) is 0 Å². The fourth-order valence-electron chi connectivity index (χ4n) is 1.08. The van der Waals surface area contributed by atoms with Crippen LogP contribution in [0.25, 0.3) is 0 Å². The molecule has 2 unspecified atom stereocenters. The van der Waals surface area contributed by atoms with E-state index in [0.29, 0.717) is 26.4 Å². The van der Waals surface area contributed by atoms with E-state index in [1.807, 2.05) is 6.92 Å². The number of ether oxygens (including phenoxy) is 3. The number of methoxy groups -OCH3 is 1. The third kappa shape index (κ3) is 7.70. The molecule has 0 aliphatic carbocycles. The molecule has 0 saturated carbocycles. The van der Waals surface area contributed by atoms with Gasteiger partial charge in [0.2, 0.25) is 0 Å². The van der Waals surface area contributed by atoms with Gasteiger partial charge < -0.3 is 25.1 Å². The number of aliphatic hydroxyl groups is 1. The summed E-state index contributed by atoms with van der Waals surface area (Å²) in [6.07, 6.45) is 0.497. The van der Waals surface area contributed by atoms with Gasteiger partial charge in [0.15, 0.2) is 0 Å². The van der Waals surface area contributed by atoms with Crippen molar-refractivity contribution in [2.45, 2.75) is 25.5 Å². The molecular weight excluding hydrogens is 198 g/mol. The highest BCUT2D eigenvalue weighted by atomic mass is 16.5. The van der Waals surface area contributed by atoms with Gasteiger partial charge in [-0.1, -0.05) is 6.92 Å². The van der Waals surface area contributed by atoms with Gasteiger partial charge >= 0.3 is 0 Å². The van der Waals surface area contributed by atoms with Crippen molar-refractivity contribution in [2.24, 2.45) is 5.73 Å². The van der Waals surface area contributed by atoms with Crippen LogP contribution in [0.15, 0.2) is 0 Å². The highest BCUT2D eigenvalue weighted by molar-refractivity contribution is 4.70. The van der Waals surface area contributed by atoms with Crippen molar-refractivity contribution in [3.63, 3.8) is 0 Å². The molecule has 0 heterocycles. The first-order chi connectivity index (χ1) is 7.26. The van der Waals surface area contributed by atoms with Crippen LogP contribution in [0, 0.1) is 0 Å². The third-order valence-corrected chi connectivity index (χ3v) is 2.12. The topological polar surface area (TPSA) is 73.9 Å². The minimum absolute atomic E-state index is 0.0485. The molecule has 5 heteroatoms. The average Bonchev–Trinajstić information content (AvgIpc) is 2.27. The summed E-state index contributed by atoms with van der Waals surface area (Å²) >= 11 is 0. The zero-order valence-electron chi connectivity index (χ0n) is 9.65. The quantitative estimate of drug-likeness (QED) is 0.498. The van der Waals surface area contributed by atoms with E-state index >= 15 is 0 Å². The summed E-state index contributed by atoms with van der Waals surface area (Å²) in [5.74, 6) is 0. The van der Waals surface area contributed by atoms with Crippen molar-refractivity contribution >= 4 is 0 Å². The summed E-state index contributed by atoms with van der Waals surface area (Å²) < 4.78 is 15.4. The first kappa shape index (κ1) is 14.8. The zero-order chi connectivity index (χ0) is 11.5. The second kappa shape index (κ2) is 10.3. The van der Waals surface area contributed by atoms with Gasteiger partial charge in [-0.25, -0.2) is 0 Å². The molecule has 5 nitrogen and oxygen atoms in total. The number of aliphatic hydroxyl groups excluding tert-OH is 1. The molecule has 2 atom stereocenters. The summed E-state index contributed by atoms with van der Waals surface area (Å²) in [7, 11) is 1.63. The Morgan fingerprint density at radius 3 is 2.40 bits per heavy atom. The monoisotopic (exact) mass is 221 g/mol. The maximum atomic E-state index is 9.00. The van der Waals surface area contributed by atoms with E-state index in [0.717, 1.165) is 6.42 Å². The lowest BCUT2D eigenvalue weighted by molar-refractivity contribution is -0.0357. The highest BCUT2D eigenvalue weighted by Crippen LogP contribution is 2.00. The predicted molar refractivity (Wildman–Crippen MR) is 57.8 cm³/mol. The van der Waals surface area contributed by atoms with Crippen LogP contribution in [0.1, 0.15) is 13.3 Å². The lowest BCUT2D eigenvalue weighted by atomic mass is 10.1. The van der Waals surface area contributed by atoms with Gasteiger partial charge in [-0.05, 0) is 6.42 Å². The number of rotatable bonds is 10. The van der Waals surface area contributed by atoms with Gasteiger partial charge in [0.25, 0.3) is 0 Å². The second-order valence-electron chi connectivity index (χ2n) is 3.27. The first-order valence-corrected chi connectivity index (χ1v) is 5.31. The largest absolute Gasteiger partial charge is 0.394 e. The molecule has 15 heavy (non-hydrogen) atoms. The first-order valence-electron chi connectivity index (χ1n) is 5.31. The molecule has 0 aromatic rings. The van der Waals surface area contributed by atoms with Crippen LogP contribution in [0.2, 0.25) is 0 Å². The van der Waals surface area contributed by atoms with Crippen LogP contribution in [0.3, 0.4) is 0 Å². The van der Waals surface area contributed by atoms with Crippen molar-refractivity contribution in [3.05, 3.63) is 0 Å². The number of hydrogen-bond donors (Lipinski definition) is 2. The molecule has 0 aromatic heterocycles. The summed E-state index contributed by atoms with van der Waals surface area (Å²) in [6, 6.07) is -0.117. The standard InChI is InChI=1S/C10H23NO4/c1-3-9(11)10(8-12)15-7-6-14-5-4-13-2/h9-10,12H,3-8,11H2,1-2H3. The normalized spacial score (nSPS) is 15.2. The van der Waals surface area contributed by atoms with Crippen LogP contribution in [0.5, 0.6) is 0 Å². The lowest BCUT2D eigenvalue weighted by Gasteiger charge is -2.21. The van der Waals surface area contributed by atoms with Crippen LogP contribution in [0.4, 0.5) is 0 Å². The smallest absolute Gasteiger partial charge is 0.0957 e. The molecule has 0 aromatic carbocycles. The summed E-state index contributed by atoms with van der Waals surface area (Å²) in [6.45, 7) is 4.00. The van der Waals surface area contributed by atoms with Crippen LogP contribution in [-0.2, 0) is 14.2 Å². The fraction of sp³-hybridized carbons (Fsp3) is 1.00. The fourth-order valence-corrected chi connectivity index (χ4v) is 1.08. The summed E-state index contributed by atoms with van der Waals surface area (Å²) in [5.41, 5.74) is 5.74. The molecule has 0 rings (SSSR count). The number of nitrogens with two attached hydrogens (primary N) is 1. The molecule has 0 fully saturated rings. The minimum atomic E-state index is -0.291. The van der Waals surface area contributed by atoms with Crippen molar-refractivity contribution in [1.29, 1.82) is 0 Å². The van der Waals surface area contributed by atoms with E-state index in [2.05, 4.69) is 0 Å². The van der Waals surface area contributed by atoms with Crippen molar-refractivity contribution in [2.75, 3.05) is 40.1 Å². The van der Waals surface area contributed by atoms with Crippen molar-refractivity contribution in [3.8, 4) is 0 Å². The van der Waals surface area contributed by atoms with Gasteiger partial charge in [-0.3, -0.25) is 0 Å². The van der Waals surface area contributed by atoms with Gasteiger partial charge in [0, 0.05) is 13.2 Å². The molecule has 92 valence electrons. The molecule has 3 N–H and O–H groups in total. The van der Waals surface area contributed by atoms with Gasteiger partial charge in [-0.15, -0.1) is 0 Å². The predicted octanol–water partition coefficient (Wildman–Crippen LogP) is -0.236. The van der Waals surface area contributed by atoms with Crippen LogP contribution < -0.4 is 5.73 Å². The Kier molecular flexibility index (Phi) is 10.2. The van der Waals surface area contributed by atoms with E-state index in [4.69, 9.17) is 25.1 Å². The average molecular weight is 221 g/mol. The molecule has 0 aliphatic heterocycles. The van der Waals surface area contributed by atoms with Crippen LogP contribution in [-0.4, -0.2) is 57.4 Å². The van der Waals surface area contributed by atoms with Gasteiger partial charge in [0.05, 0.1) is 39.1 Å². The van der Waals surface area contributed by atoms with E-state index in [1.54, 1.807) is 7.11 Å². The van der Waals surface area contributed by atoms with Crippen molar-refractivity contribution in [1.82, 2.24) is 0 Å². The molecule has 0 saturated heterocycles. The molecule has 0 bridgehead atoms. The Morgan fingerprint density at radius 1 is 1.20 bits per heavy atom. The van der Waals surface area contributed by atoms with Crippen molar-refractivity contribution < 1.29 is 19.3 Å². The van der Waals surface area contributed by atoms with E-state index < -0.39 is 0 Å².